The summed E-state index contributed by atoms with van der Waals surface area (Å²) >= 11 is 3.40. The second-order valence-corrected chi connectivity index (χ2v) is 6.36. The van der Waals surface area contributed by atoms with E-state index in [9.17, 15) is 4.79 Å². The molecule has 0 aromatic carbocycles. The van der Waals surface area contributed by atoms with Crippen molar-refractivity contribution in [2.24, 2.45) is 11.3 Å². The first-order valence-electron chi connectivity index (χ1n) is 6.20. The van der Waals surface area contributed by atoms with Crippen LogP contribution in [0.3, 0.4) is 0 Å². The molecule has 2 nitrogen and oxygen atoms in total. The van der Waals surface area contributed by atoms with Gasteiger partial charge in [-0.05, 0) is 24.2 Å². The molecule has 16 heavy (non-hydrogen) atoms. The fraction of sp³-hybridized carbons (Fsp3) is 0.923. The van der Waals surface area contributed by atoms with Crippen LogP contribution in [0, 0.1) is 11.3 Å². The van der Waals surface area contributed by atoms with E-state index >= 15 is 0 Å². The number of amides is 1. The minimum Gasteiger partial charge on any atom is -0.356 e. The van der Waals surface area contributed by atoms with Gasteiger partial charge in [0.05, 0.1) is 0 Å². The van der Waals surface area contributed by atoms with Gasteiger partial charge in [0.1, 0.15) is 0 Å². The molecular formula is C13H26BrNO. The summed E-state index contributed by atoms with van der Waals surface area (Å²) < 4.78 is 0. The fourth-order valence-corrected chi connectivity index (χ4v) is 1.68. The van der Waals surface area contributed by atoms with Crippen molar-refractivity contribution in [2.45, 2.75) is 53.4 Å². The van der Waals surface area contributed by atoms with Crippen molar-refractivity contribution in [1.29, 1.82) is 0 Å². The first kappa shape index (κ1) is 16.0. The van der Waals surface area contributed by atoms with Crippen molar-refractivity contribution < 1.29 is 4.79 Å². The lowest BCUT2D eigenvalue weighted by Gasteiger charge is -2.26. The van der Waals surface area contributed by atoms with Crippen molar-refractivity contribution in [1.82, 2.24) is 5.32 Å². The van der Waals surface area contributed by atoms with E-state index in [1.165, 1.54) is 12.8 Å². The minimum absolute atomic E-state index is 0.196. The molecular weight excluding hydrogens is 266 g/mol. The zero-order valence-electron chi connectivity index (χ0n) is 11.1. The zero-order valence-corrected chi connectivity index (χ0v) is 12.7. The smallest absolute Gasteiger partial charge is 0.220 e. The Kier molecular flexibility index (Phi) is 8.08. The quantitative estimate of drug-likeness (QED) is 0.562. The Balaban J connectivity index is 3.59. The van der Waals surface area contributed by atoms with Crippen LogP contribution in [0.1, 0.15) is 53.4 Å². The summed E-state index contributed by atoms with van der Waals surface area (Å²) in [5, 5.41) is 4.05. The number of carbonyl (C=O) groups is 1. The van der Waals surface area contributed by atoms with Crippen LogP contribution in [0.4, 0.5) is 0 Å². The zero-order chi connectivity index (χ0) is 12.6. The molecule has 0 aromatic heterocycles. The van der Waals surface area contributed by atoms with E-state index < -0.39 is 0 Å². The molecule has 0 aromatic rings. The molecule has 0 radical (unpaired) electrons. The van der Waals surface area contributed by atoms with Gasteiger partial charge in [0.15, 0.2) is 0 Å². The van der Waals surface area contributed by atoms with Crippen molar-refractivity contribution >= 4 is 21.8 Å². The largest absolute Gasteiger partial charge is 0.356 e. The molecule has 0 saturated carbocycles. The van der Waals surface area contributed by atoms with Crippen LogP contribution in [0.15, 0.2) is 0 Å². The van der Waals surface area contributed by atoms with Crippen molar-refractivity contribution in [3.05, 3.63) is 0 Å². The van der Waals surface area contributed by atoms with E-state index in [0.717, 1.165) is 18.3 Å². The van der Waals surface area contributed by atoms with Crippen LogP contribution in [-0.4, -0.2) is 17.8 Å². The molecule has 1 N–H and O–H groups in total. The molecule has 0 saturated heterocycles. The summed E-state index contributed by atoms with van der Waals surface area (Å²) in [5.41, 5.74) is 0.216. The maximum Gasteiger partial charge on any atom is 0.220 e. The van der Waals surface area contributed by atoms with Crippen molar-refractivity contribution in [3.8, 4) is 0 Å². The van der Waals surface area contributed by atoms with Gasteiger partial charge in [0, 0.05) is 18.3 Å². The van der Waals surface area contributed by atoms with Crippen LogP contribution in [0.2, 0.25) is 0 Å². The van der Waals surface area contributed by atoms with Crippen LogP contribution >= 0.6 is 15.9 Å². The number of halogens is 1. The number of hydrogen-bond acceptors (Lipinski definition) is 1. The lowest BCUT2D eigenvalue weighted by molar-refractivity contribution is -0.122. The first-order valence-corrected chi connectivity index (χ1v) is 7.32. The molecule has 0 aliphatic rings. The first-order chi connectivity index (χ1) is 7.38. The van der Waals surface area contributed by atoms with Crippen LogP contribution < -0.4 is 5.32 Å². The fourth-order valence-electron chi connectivity index (χ4n) is 1.28. The van der Waals surface area contributed by atoms with Crippen LogP contribution in [-0.2, 0) is 4.79 Å². The van der Waals surface area contributed by atoms with E-state index in [2.05, 4.69) is 48.9 Å². The van der Waals surface area contributed by atoms with Gasteiger partial charge in [-0.1, -0.05) is 50.0 Å². The average molecular weight is 292 g/mol. The van der Waals surface area contributed by atoms with E-state index in [4.69, 9.17) is 0 Å². The Morgan fingerprint density at radius 1 is 1.25 bits per heavy atom. The highest BCUT2D eigenvalue weighted by molar-refractivity contribution is 9.09. The number of nitrogens with one attached hydrogen (secondary N) is 1. The molecule has 3 heteroatoms. The van der Waals surface area contributed by atoms with Crippen molar-refractivity contribution in [3.63, 3.8) is 0 Å². The molecule has 0 aliphatic carbocycles. The van der Waals surface area contributed by atoms with Gasteiger partial charge in [-0.25, -0.2) is 0 Å². The summed E-state index contributed by atoms with van der Waals surface area (Å²) in [4.78, 5) is 11.6. The monoisotopic (exact) mass is 291 g/mol. The van der Waals surface area contributed by atoms with E-state index in [0.29, 0.717) is 12.3 Å². The predicted molar refractivity (Wildman–Crippen MR) is 73.9 cm³/mol. The topological polar surface area (TPSA) is 29.1 Å². The summed E-state index contributed by atoms with van der Waals surface area (Å²) in [7, 11) is 0. The van der Waals surface area contributed by atoms with Gasteiger partial charge in [0.25, 0.3) is 0 Å². The summed E-state index contributed by atoms with van der Waals surface area (Å²) in [6.07, 6.45) is 4.10. The standard InChI is InChI=1S/C13H26BrNO/c1-11(13(2,3)4)10-12(16)15-9-7-5-6-8-14/h11H,5-10H2,1-4H3,(H,15,16). The summed E-state index contributed by atoms with van der Waals surface area (Å²) in [6, 6.07) is 0. The normalized spacial score (nSPS) is 13.6. The van der Waals surface area contributed by atoms with E-state index in [-0.39, 0.29) is 11.3 Å². The molecule has 0 fully saturated rings. The molecule has 0 rings (SSSR count). The number of rotatable bonds is 7. The molecule has 1 amide bonds. The lowest BCUT2D eigenvalue weighted by Crippen LogP contribution is -2.29. The van der Waals surface area contributed by atoms with Crippen LogP contribution in [0.25, 0.3) is 0 Å². The molecule has 0 spiro atoms. The van der Waals surface area contributed by atoms with Gasteiger partial charge in [-0.3, -0.25) is 4.79 Å². The van der Waals surface area contributed by atoms with Crippen LogP contribution in [0.5, 0.6) is 0 Å². The number of carbonyl (C=O) groups excluding carboxylic acids is 1. The minimum atomic E-state index is 0.196. The average Bonchev–Trinajstić information content (AvgIpc) is 2.16. The van der Waals surface area contributed by atoms with Gasteiger partial charge < -0.3 is 5.32 Å². The highest BCUT2D eigenvalue weighted by atomic mass is 79.9. The maximum atomic E-state index is 11.6. The Morgan fingerprint density at radius 2 is 1.88 bits per heavy atom. The molecule has 1 unspecified atom stereocenters. The second kappa shape index (κ2) is 8.10. The lowest BCUT2D eigenvalue weighted by atomic mass is 9.80. The van der Waals surface area contributed by atoms with Gasteiger partial charge >= 0.3 is 0 Å². The van der Waals surface area contributed by atoms with Crippen molar-refractivity contribution in [2.75, 3.05) is 11.9 Å². The second-order valence-electron chi connectivity index (χ2n) is 5.57. The predicted octanol–water partition coefficient (Wildman–Crippen LogP) is 3.74. The Labute approximate surface area is 109 Å². The SMILES string of the molecule is CC(CC(=O)NCCCCCBr)C(C)(C)C. The number of unbranched alkanes of at least 4 members (excludes halogenated alkanes) is 2. The molecule has 0 bridgehead atoms. The summed E-state index contributed by atoms with van der Waals surface area (Å²) in [5.74, 6) is 0.622. The number of hydrogen-bond donors (Lipinski definition) is 1. The highest BCUT2D eigenvalue weighted by Crippen LogP contribution is 2.27. The Bertz CT molecular complexity index is 199. The molecule has 1 atom stereocenters. The van der Waals surface area contributed by atoms with Gasteiger partial charge in [-0.15, -0.1) is 0 Å². The van der Waals surface area contributed by atoms with Gasteiger partial charge in [0.2, 0.25) is 5.91 Å². The third-order valence-corrected chi connectivity index (χ3v) is 3.66. The van der Waals surface area contributed by atoms with E-state index in [1.807, 2.05) is 0 Å². The van der Waals surface area contributed by atoms with Gasteiger partial charge in [-0.2, -0.15) is 0 Å². The Hall–Kier alpha value is -0.0500. The van der Waals surface area contributed by atoms with E-state index in [1.54, 1.807) is 0 Å². The molecule has 96 valence electrons. The third kappa shape index (κ3) is 8.14. The third-order valence-electron chi connectivity index (χ3n) is 3.10. The maximum absolute atomic E-state index is 11.6. The molecule has 0 heterocycles. The highest BCUT2D eigenvalue weighted by Gasteiger charge is 2.22. The molecule has 0 aliphatic heterocycles. The summed E-state index contributed by atoms with van der Waals surface area (Å²) in [6.45, 7) is 9.51. The number of alkyl halides is 1. The Morgan fingerprint density at radius 3 is 2.38 bits per heavy atom.